The van der Waals surface area contributed by atoms with E-state index in [2.05, 4.69) is 0 Å². The number of piperidine rings is 1. The predicted octanol–water partition coefficient (Wildman–Crippen LogP) is 0.0314. The first-order valence-corrected chi connectivity index (χ1v) is 8.99. The molecule has 0 saturated carbocycles. The van der Waals surface area contributed by atoms with Gasteiger partial charge in [-0.05, 0) is 32.6 Å². The minimum atomic E-state index is -3.14. The molecule has 0 spiro atoms. The van der Waals surface area contributed by atoms with Gasteiger partial charge in [-0.25, -0.2) is 12.7 Å². The van der Waals surface area contributed by atoms with Crippen LogP contribution in [0.2, 0.25) is 0 Å². The van der Waals surface area contributed by atoms with Crippen molar-refractivity contribution in [2.24, 2.45) is 5.92 Å². The van der Waals surface area contributed by atoms with Crippen LogP contribution in [0.25, 0.3) is 0 Å². The quantitative estimate of drug-likeness (QED) is 0.795. The van der Waals surface area contributed by atoms with E-state index in [4.69, 9.17) is 0 Å². The molecule has 2 rings (SSSR count). The molecule has 0 bridgehead atoms. The number of amides is 1. The highest BCUT2D eigenvalue weighted by Crippen LogP contribution is 2.26. The van der Waals surface area contributed by atoms with Crippen molar-refractivity contribution in [3.8, 4) is 0 Å². The van der Waals surface area contributed by atoms with Gasteiger partial charge >= 0.3 is 0 Å². The van der Waals surface area contributed by atoms with E-state index in [0.29, 0.717) is 25.9 Å². The molecule has 0 aliphatic carbocycles. The van der Waals surface area contributed by atoms with Crippen molar-refractivity contribution < 1.29 is 18.3 Å². The van der Waals surface area contributed by atoms with Gasteiger partial charge in [0.15, 0.2) is 0 Å². The topological polar surface area (TPSA) is 77.9 Å². The lowest BCUT2D eigenvalue weighted by Crippen LogP contribution is -2.46. The van der Waals surface area contributed by atoms with Crippen LogP contribution >= 0.6 is 0 Å². The van der Waals surface area contributed by atoms with Crippen LogP contribution in [0.5, 0.6) is 0 Å². The number of nitrogens with zero attached hydrogens (tertiary/aromatic N) is 2. The third-order valence-electron chi connectivity index (χ3n) is 4.43. The second-order valence-electron chi connectivity index (χ2n) is 5.58. The molecule has 2 aliphatic heterocycles. The number of hydrogen-bond donors (Lipinski definition) is 1. The zero-order chi connectivity index (χ0) is 14.8. The number of aliphatic hydroxyl groups excluding tert-OH is 1. The Hall–Kier alpha value is -0.660. The van der Waals surface area contributed by atoms with E-state index in [9.17, 15) is 18.3 Å². The Morgan fingerprint density at radius 1 is 1.20 bits per heavy atom. The number of carbonyl (C=O) groups excluding carboxylic acids is 1. The number of sulfonamides is 1. The first-order chi connectivity index (χ1) is 9.49. The molecule has 0 aromatic rings. The number of aliphatic hydroxyl groups is 1. The SMILES string of the molecule is CCS(=O)(=O)N1CCC(C(=O)N2CCC[C@@H]2CO)CC1. The van der Waals surface area contributed by atoms with Crippen LogP contribution in [-0.2, 0) is 14.8 Å². The molecule has 1 N–H and O–H groups in total. The molecule has 2 fully saturated rings. The summed E-state index contributed by atoms with van der Waals surface area (Å²) in [5, 5.41) is 9.28. The van der Waals surface area contributed by atoms with E-state index in [1.807, 2.05) is 0 Å². The highest BCUT2D eigenvalue weighted by molar-refractivity contribution is 7.89. The summed E-state index contributed by atoms with van der Waals surface area (Å²) in [6.45, 7) is 3.25. The smallest absolute Gasteiger partial charge is 0.226 e. The van der Waals surface area contributed by atoms with E-state index in [1.54, 1.807) is 11.8 Å². The highest BCUT2D eigenvalue weighted by atomic mass is 32.2. The van der Waals surface area contributed by atoms with Crippen molar-refractivity contribution in [3.05, 3.63) is 0 Å². The van der Waals surface area contributed by atoms with Gasteiger partial charge < -0.3 is 10.0 Å². The molecule has 2 saturated heterocycles. The average molecular weight is 304 g/mol. The van der Waals surface area contributed by atoms with E-state index in [0.717, 1.165) is 19.4 Å². The van der Waals surface area contributed by atoms with E-state index in [1.165, 1.54) is 4.31 Å². The molecule has 116 valence electrons. The Kier molecular flexibility index (Phi) is 5.04. The van der Waals surface area contributed by atoms with Crippen LogP contribution in [0.15, 0.2) is 0 Å². The Balaban J connectivity index is 1.92. The van der Waals surface area contributed by atoms with Gasteiger partial charge in [0.25, 0.3) is 0 Å². The van der Waals surface area contributed by atoms with Crippen LogP contribution in [-0.4, -0.2) is 66.7 Å². The van der Waals surface area contributed by atoms with Gasteiger partial charge in [0, 0.05) is 25.6 Å². The monoisotopic (exact) mass is 304 g/mol. The molecule has 7 heteroatoms. The molecule has 1 atom stereocenters. The predicted molar refractivity (Wildman–Crippen MR) is 75.6 cm³/mol. The fourth-order valence-corrected chi connectivity index (χ4v) is 4.25. The maximum atomic E-state index is 12.4. The summed E-state index contributed by atoms with van der Waals surface area (Å²) in [5.74, 6) is 0.116. The second-order valence-corrected chi connectivity index (χ2v) is 7.84. The van der Waals surface area contributed by atoms with Crippen molar-refractivity contribution in [2.75, 3.05) is 32.0 Å². The molecular weight excluding hydrogens is 280 g/mol. The Morgan fingerprint density at radius 3 is 2.40 bits per heavy atom. The van der Waals surface area contributed by atoms with Crippen molar-refractivity contribution in [3.63, 3.8) is 0 Å². The number of likely N-dealkylation sites (tertiary alicyclic amines) is 1. The lowest BCUT2D eigenvalue weighted by molar-refractivity contribution is -0.138. The van der Waals surface area contributed by atoms with Crippen molar-refractivity contribution in [1.29, 1.82) is 0 Å². The molecule has 2 aliphatic rings. The maximum absolute atomic E-state index is 12.4. The summed E-state index contributed by atoms with van der Waals surface area (Å²) in [5.41, 5.74) is 0. The third-order valence-corrected chi connectivity index (χ3v) is 6.31. The first-order valence-electron chi connectivity index (χ1n) is 7.38. The third kappa shape index (κ3) is 3.15. The number of carbonyl (C=O) groups is 1. The minimum Gasteiger partial charge on any atom is -0.394 e. The fourth-order valence-electron chi connectivity index (χ4n) is 3.11. The molecule has 0 radical (unpaired) electrons. The first kappa shape index (κ1) is 15.7. The molecule has 2 heterocycles. The Morgan fingerprint density at radius 2 is 1.85 bits per heavy atom. The molecular formula is C13H24N2O4S. The molecule has 0 aromatic carbocycles. The van der Waals surface area contributed by atoms with Crippen molar-refractivity contribution in [1.82, 2.24) is 9.21 Å². The van der Waals surface area contributed by atoms with Gasteiger partial charge in [0.1, 0.15) is 0 Å². The second kappa shape index (κ2) is 6.41. The molecule has 20 heavy (non-hydrogen) atoms. The van der Waals surface area contributed by atoms with Crippen LogP contribution in [0.4, 0.5) is 0 Å². The average Bonchev–Trinajstić information content (AvgIpc) is 2.95. The fraction of sp³-hybridized carbons (Fsp3) is 0.923. The number of rotatable bonds is 4. The Bertz CT molecular complexity index is 443. The minimum absolute atomic E-state index is 0.0226. The standard InChI is InChI=1S/C13H24N2O4S/c1-2-20(18,19)14-8-5-11(6-9-14)13(17)15-7-3-4-12(15)10-16/h11-12,16H,2-10H2,1H3/t12-/m1/s1. The van der Waals surface area contributed by atoms with Crippen LogP contribution in [0, 0.1) is 5.92 Å². The van der Waals surface area contributed by atoms with Crippen LogP contribution < -0.4 is 0 Å². The van der Waals surface area contributed by atoms with Crippen LogP contribution in [0.1, 0.15) is 32.6 Å². The summed E-state index contributed by atoms with van der Waals surface area (Å²) in [6.07, 6.45) is 2.99. The summed E-state index contributed by atoms with van der Waals surface area (Å²) in [4.78, 5) is 14.2. The van der Waals surface area contributed by atoms with Gasteiger partial charge in [-0.1, -0.05) is 0 Å². The van der Waals surface area contributed by atoms with E-state index in [-0.39, 0.29) is 30.2 Å². The zero-order valence-corrected chi connectivity index (χ0v) is 12.8. The highest BCUT2D eigenvalue weighted by Gasteiger charge is 2.36. The Labute approximate surface area is 120 Å². The van der Waals surface area contributed by atoms with Crippen molar-refractivity contribution in [2.45, 2.75) is 38.6 Å². The summed E-state index contributed by atoms with van der Waals surface area (Å²) < 4.78 is 25.1. The summed E-state index contributed by atoms with van der Waals surface area (Å²) >= 11 is 0. The zero-order valence-electron chi connectivity index (χ0n) is 12.0. The van der Waals surface area contributed by atoms with Gasteiger partial charge in [0.2, 0.25) is 15.9 Å². The number of hydrogen-bond acceptors (Lipinski definition) is 4. The van der Waals surface area contributed by atoms with E-state index < -0.39 is 10.0 Å². The van der Waals surface area contributed by atoms with Crippen molar-refractivity contribution >= 4 is 15.9 Å². The molecule has 1 amide bonds. The van der Waals surface area contributed by atoms with E-state index >= 15 is 0 Å². The normalized spacial score (nSPS) is 26.1. The maximum Gasteiger partial charge on any atom is 0.226 e. The summed E-state index contributed by atoms with van der Waals surface area (Å²) in [7, 11) is -3.14. The van der Waals surface area contributed by atoms with Gasteiger partial charge in [-0.15, -0.1) is 0 Å². The van der Waals surface area contributed by atoms with Crippen LogP contribution in [0.3, 0.4) is 0 Å². The lowest BCUT2D eigenvalue weighted by atomic mass is 9.96. The van der Waals surface area contributed by atoms with Gasteiger partial charge in [-0.2, -0.15) is 0 Å². The van der Waals surface area contributed by atoms with Gasteiger partial charge in [0.05, 0.1) is 18.4 Å². The van der Waals surface area contributed by atoms with Gasteiger partial charge in [-0.3, -0.25) is 4.79 Å². The largest absolute Gasteiger partial charge is 0.394 e. The molecule has 0 aromatic heterocycles. The molecule has 0 unspecified atom stereocenters. The lowest BCUT2D eigenvalue weighted by Gasteiger charge is -2.33. The summed E-state index contributed by atoms with van der Waals surface area (Å²) in [6, 6.07) is -0.0418. The molecule has 6 nitrogen and oxygen atoms in total.